The number of H-pyrrole nitrogens is 1. The molecule has 2 heterocycles. The molecule has 2 aliphatic rings. The molecule has 0 spiro atoms. The highest BCUT2D eigenvalue weighted by Crippen LogP contribution is 2.27. The van der Waals surface area contributed by atoms with Crippen molar-refractivity contribution in [3.63, 3.8) is 0 Å². The van der Waals surface area contributed by atoms with Crippen LogP contribution in [0.15, 0.2) is 40.2 Å². The topological polar surface area (TPSA) is 104 Å². The van der Waals surface area contributed by atoms with Crippen molar-refractivity contribution in [3.05, 3.63) is 63.1 Å². The lowest BCUT2D eigenvalue weighted by Gasteiger charge is -2.19. The molecule has 0 radical (unpaired) electrons. The second-order valence-electron chi connectivity index (χ2n) is 11.0. The number of carboxylic acids is 1. The molecule has 0 bridgehead atoms. The average molecular weight is 540 g/mol. The predicted octanol–water partition coefficient (Wildman–Crippen LogP) is 6.57. The predicted molar refractivity (Wildman–Crippen MR) is 160 cm³/mol. The molecule has 7 heteroatoms. The highest BCUT2D eigenvalue weighted by atomic mass is 16.5. The standard InChI is InChI=1S/C21H27N3O3.C7H14O.C4H8/c1-5-13(2)20(17-8-15(4)21(27)23-11-17)24-18-9-16(7-6-14(18)3)10-22-12-19(25)26;1-2-7-3-5-8-6-4-7;1-4-2-3-4/h6-9,11,13,22H,5,10,12H2,1-4H3,(H,23,27)(H,25,26);7H,2-6H2,1H3;4H,2-3H2,1H3/t13-;;/m1../s1. The zero-order valence-electron chi connectivity index (χ0n) is 24.8. The van der Waals surface area contributed by atoms with E-state index in [1.54, 1.807) is 13.1 Å². The molecule has 1 aliphatic heterocycles. The maximum atomic E-state index is 11.7. The number of ether oxygens (including phenoxy) is 1. The molecule has 2 fully saturated rings. The van der Waals surface area contributed by atoms with Gasteiger partial charge in [-0.05, 0) is 74.1 Å². The van der Waals surface area contributed by atoms with E-state index in [-0.39, 0.29) is 18.0 Å². The minimum Gasteiger partial charge on any atom is -0.480 e. The third-order valence-corrected chi connectivity index (χ3v) is 7.37. The summed E-state index contributed by atoms with van der Waals surface area (Å²) in [6.07, 6.45) is 9.53. The Morgan fingerprint density at radius 1 is 1.13 bits per heavy atom. The van der Waals surface area contributed by atoms with Crippen molar-refractivity contribution in [3.8, 4) is 0 Å². The third-order valence-electron chi connectivity index (χ3n) is 7.37. The number of rotatable bonds is 9. The summed E-state index contributed by atoms with van der Waals surface area (Å²) < 4.78 is 5.20. The van der Waals surface area contributed by atoms with E-state index < -0.39 is 5.97 Å². The Morgan fingerprint density at radius 2 is 1.79 bits per heavy atom. The van der Waals surface area contributed by atoms with Crippen molar-refractivity contribution in [1.29, 1.82) is 0 Å². The van der Waals surface area contributed by atoms with Crippen LogP contribution in [0.3, 0.4) is 0 Å². The van der Waals surface area contributed by atoms with E-state index >= 15 is 0 Å². The summed E-state index contributed by atoms with van der Waals surface area (Å²) in [5.41, 5.74) is 5.27. The van der Waals surface area contributed by atoms with Gasteiger partial charge in [0.2, 0.25) is 0 Å². The molecule has 1 atom stereocenters. The molecular formula is C32H49N3O4. The summed E-state index contributed by atoms with van der Waals surface area (Å²) in [5, 5.41) is 11.6. The van der Waals surface area contributed by atoms with Crippen LogP contribution in [0, 0.1) is 31.6 Å². The molecule has 1 aromatic carbocycles. The molecule has 2 aromatic rings. The van der Waals surface area contributed by atoms with Gasteiger partial charge in [-0.25, -0.2) is 0 Å². The van der Waals surface area contributed by atoms with Crippen molar-refractivity contribution >= 4 is 17.4 Å². The molecule has 0 amide bonds. The molecule has 39 heavy (non-hydrogen) atoms. The summed E-state index contributed by atoms with van der Waals surface area (Å²) in [7, 11) is 0. The lowest BCUT2D eigenvalue weighted by atomic mass is 9.96. The van der Waals surface area contributed by atoms with Crippen LogP contribution in [-0.2, 0) is 16.1 Å². The Kier molecular flexibility index (Phi) is 14.2. The Balaban J connectivity index is 0.000000361. The zero-order chi connectivity index (χ0) is 28.8. The van der Waals surface area contributed by atoms with Gasteiger partial charge in [-0.3, -0.25) is 14.6 Å². The van der Waals surface area contributed by atoms with Crippen LogP contribution in [-0.4, -0.2) is 41.5 Å². The maximum Gasteiger partial charge on any atom is 0.317 e. The Hall–Kier alpha value is -2.77. The molecule has 4 rings (SSSR count). The van der Waals surface area contributed by atoms with Gasteiger partial charge >= 0.3 is 5.97 Å². The van der Waals surface area contributed by atoms with E-state index in [0.717, 1.165) is 59.6 Å². The SMILES string of the molecule is CC1CC1.CCC1CCOCC1.CC[C@@H](C)C(=Nc1cc(CNCC(=O)O)ccc1C)c1c[nH]c(=O)c(C)c1. The van der Waals surface area contributed by atoms with Crippen molar-refractivity contribution in [2.24, 2.45) is 22.7 Å². The molecule has 7 nitrogen and oxygen atoms in total. The molecule has 3 N–H and O–H groups in total. The first kappa shape index (κ1) is 32.4. The number of aliphatic imine (C=N–C) groups is 1. The van der Waals surface area contributed by atoms with E-state index in [1.807, 2.05) is 31.2 Å². The number of aromatic amines is 1. The smallest absolute Gasteiger partial charge is 0.317 e. The van der Waals surface area contributed by atoms with E-state index in [0.29, 0.717) is 12.1 Å². The number of hydrogen-bond acceptors (Lipinski definition) is 5. The fourth-order valence-corrected chi connectivity index (χ4v) is 4.05. The summed E-state index contributed by atoms with van der Waals surface area (Å²) in [5.74, 6) is 1.39. The monoisotopic (exact) mass is 539 g/mol. The number of carboxylic acid groups (broad SMARTS) is 1. The van der Waals surface area contributed by atoms with Crippen molar-refractivity contribution < 1.29 is 14.6 Å². The molecule has 1 saturated carbocycles. The van der Waals surface area contributed by atoms with Gasteiger partial charge in [0.15, 0.2) is 0 Å². The Bertz CT molecular complexity index is 1110. The van der Waals surface area contributed by atoms with Crippen molar-refractivity contribution in [2.45, 2.75) is 86.6 Å². The highest BCUT2D eigenvalue weighted by Gasteiger charge is 2.14. The van der Waals surface area contributed by atoms with Crippen LogP contribution >= 0.6 is 0 Å². The first-order valence-corrected chi connectivity index (χ1v) is 14.5. The van der Waals surface area contributed by atoms with Gasteiger partial charge < -0.3 is 20.1 Å². The molecule has 0 unspecified atom stereocenters. The molecule has 1 aromatic heterocycles. The van der Waals surface area contributed by atoms with Gasteiger partial charge in [-0.1, -0.05) is 59.1 Å². The quantitative estimate of drug-likeness (QED) is 0.313. The van der Waals surface area contributed by atoms with E-state index in [4.69, 9.17) is 14.8 Å². The Labute approximate surface area is 234 Å². The number of carbonyl (C=O) groups is 1. The molecular weight excluding hydrogens is 490 g/mol. The van der Waals surface area contributed by atoms with Crippen LogP contribution in [0.4, 0.5) is 5.69 Å². The minimum absolute atomic E-state index is 0.0821. The largest absolute Gasteiger partial charge is 0.480 e. The number of aliphatic carboxylic acids is 1. The van der Waals surface area contributed by atoms with Crippen LogP contribution in [0.1, 0.15) is 88.5 Å². The van der Waals surface area contributed by atoms with Gasteiger partial charge in [-0.2, -0.15) is 0 Å². The van der Waals surface area contributed by atoms with Gasteiger partial charge in [0.1, 0.15) is 0 Å². The zero-order valence-corrected chi connectivity index (χ0v) is 24.8. The van der Waals surface area contributed by atoms with Crippen LogP contribution in [0.25, 0.3) is 0 Å². The Morgan fingerprint density at radius 3 is 2.31 bits per heavy atom. The third kappa shape index (κ3) is 12.3. The first-order chi connectivity index (χ1) is 18.6. The number of aromatic nitrogens is 1. The second-order valence-corrected chi connectivity index (χ2v) is 11.0. The normalized spacial score (nSPS) is 16.4. The summed E-state index contributed by atoms with van der Waals surface area (Å²) >= 11 is 0. The maximum absolute atomic E-state index is 11.7. The van der Waals surface area contributed by atoms with Gasteiger partial charge in [0.05, 0.1) is 17.9 Å². The number of aryl methyl sites for hydroxylation is 2. The molecule has 1 aliphatic carbocycles. The molecule has 216 valence electrons. The summed E-state index contributed by atoms with van der Waals surface area (Å²) in [6, 6.07) is 7.81. The van der Waals surface area contributed by atoms with Gasteiger partial charge in [-0.15, -0.1) is 0 Å². The van der Waals surface area contributed by atoms with E-state index in [9.17, 15) is 9.59 Å². The fourth-order valence-electron chi connectivity index (χ4n) is 4.05. The lowest BCUT2D eigenvalue weighted by molar-refractivity contribution is -0.136. The van der Waals surface area contributed by atoms with E-state index in [2.05, 4.69) is 38.0 Å². The van der Waals surface area contributed by atoms with Crippen molar-refractivity contribution in [1.82, 2.24) is 10.3 Å². The number of hydrogen-bond donors (Lipinski definition) is 3. The van der Waals surface area contributed by atoms with Gasteiger partial charge in [0, 0.05) is 37.1 Å². The second kappa shape index (κ2) is 17.0. The number of benzene rings is 1. The van der Waals surface area contributed by atoms with Gasteiger partial charge in [0.25, 0.3) is 5.56 Å². The average Bonchev–Trinajstić information content (AvgIpc) is 3.73. The lowest BCUT2D eigenvalue weighted by Crippen LogP contribution is -2.21. The minimum atomic E-state index is -0.882. The van der Waals surface area contributed by atoms with Crippen LogP contribution in [0.5, 0.6) is 0 Å². The first-order valence-electron chi connectivity index (χ1n) is 14.5. The summed E-state index contributed by atoms with van der Waals surface area (Å²) in [6.45, 7) is 14.9. The van der Waals surface area contributed by atoms with Crippen LogP contribution in [0.2, 0.25) is 0 Å². The molecule has 1 saturated heterocycles. The number of nitrogens with zero attached hydrogens (tertiary/aromatic N) is 1. The fraction of sp³-hybridized carbons (Fsp3) is 0.594. The summed E-state index contributed by atoms with van der Waals surface area (Å²) in [4.78, 5) is 30.1. The number of pyridine rings is 1. The van der Waals surface area contributed by atoms with E-state index in [1.165, 1.54) is 32.1 Å². The highest BCUT2D eigenvalue weighted by molar-refractivity contribution is 6.03. The number of nitrogens with one attached hydrogen (secondary N) is 2. The van der Waals surface area contributed by atoms with Crippen molar-refractivity contribution in [2.75, 3.05) is 19.8 Å². The van der Waals surface area contributed by atoms with Crippen LogP contribution < -0.4 is 10.9 Å².